The zero-order valence-electron chi connectivity index (χ0n) is 7.21. The quantitative estimate of drug-likeness (QED) is 0.534. The molecule has 12 heavy (non-hydrogen) atoms. The predicted octanol–water partition coefficient (Wildman–Crippen LogP) is -0.526. The van der Waals surface area contributed by atoms with Gasteiger partial charge in [0.15, 0.2) is 0 Å². The van der Waals surface area contributed by atoms with Crippen molar-refractivity contribution in [2.24, 2.45) is 0 Å². The zero-order chi connectivity index (χ0) is 9.23. The molecule has 0 aliphatic rings. The Hall–Kier alpha value is -0.260. The van der Waals surface area contributed by atoms with Gasteiger partial charge in [-0.1, -0.05) is 0 Å². The number of carbonyl (C=O) groups excluding carboxylic acids is 1. The second kappa shape index (κ2) is 8.83. The molecule has 1 amide bonds. The topological polar surface area (TPSA) is 58.6 Å². The molecule has 0 saturated heterocycles. The number of aliphatic hydroxyl groups excluding tert-OH is 1. The molecule has 0 aromatic heterocycles. The van der Waals surface area contributed by atoms with Gasteiger partial charge in [0, 0.05) is 19.4 Å². The van der Waals surface area contributed by atoms with Crippen molar-refractivity contribution >= 4 is 17.7 Å². The Morgan fingerprint density at radius 3 is 3.00 bits per heavy atom. The Morgan fingerprint density at radius 1 is 1.67 bits per heavy atom. The monoisotopic (exact) mass is 193 g/mol. The molecule has 0 aromatic carbocycles. The summed E-state index contributed by atoms with van der Waals surface area (Å²) in [6, 6.07) is 0. The largest absolute Gasteiger partial charge is 0.395 e. The van der Waals surface area contributed by atoms with Gasteiger partial charge in [0.2, 0.25) is 5.91 Å². The minimum absolute atomic E-state index is 0.00548. The number of ether oxygens (including phenoxy) is 1. The normalized spacial score (nSPS) is 9.83. The summed E-state index contributed by atoms with van der Waals surface area (Å²) in [5, 5.41) is 10.9. The summed E-state index contributed by atoms with van der Waals surface area (Å²) in [7, 11) is 1.63. The molecule has 72 valence electrons. The lowest BCUT2D eigenvalue weighted by Gasteiger charge is -2.02. The Morgan fingerprint density at radius 2 is 2.42 bits per heavy atom. The number of hydrogen-bond donors (Lipinski definition) is 2. The molecule has 0 fully saturated rings. The maximum Gasteiger partial charge on any atom is 0.230 e. The van der Waals surface area contributed by atoms with E-state index in [-0.39, 0.29) is 12.5 Å². The van der Waals surface area contributed by atoms with Crippen LogP contribution in [0.1, 0.15) is 0 Å². The van der Waals surface area contributed by atoms with E-state index in [1.807, 2.05) is 0 Å². The van der Waals surface area contributed by atoms with Crippen molar-refractivity contribution in [3.8, 4) is 0 Å². The molecule has 0 aliphatic heterocycles. The van der Waals surface area contributed by atoms with Gasteiger partial charge < -0.3 is 15.2 Å². The third kappa shape index (κ3) is 7.84. The molecule has 0 saturated carbocycles. The minimum Gasteiger partial charge on any atom is -0.395 e. The number of amides is 1. The van der Waals surface area contributed by atoms with E-state index in [4.69, 9.17) is 9.84 Å². The molecule has 0 spiro atoms. The lowest BCUT2D eigenvalue weighted by Crippen LogP contribution is -2.28. The summed E-state index contributed by atoms with van der Waals surface area (Å²) >= 11 is 1.52. The maximum absolute atomic E-state index is 10.9. The lowest BCUT2D eigenvalue weighted by atomic mass is 10.6. The standard InChI is InChI=1S/C7H15NO3S/c1-11-4-5-12-6-7(10)8-2-3-9/h9H,2-6H2,1H3,(H,8,10). The molecule has 0 radical (unpaired) electrons. The van der Waals surface area contributed by atoms with Gasteiger partial charge in [0.05, 0.1) is 19.0 Å². The summed E-state index contributed by atoms with van der Waals surface area (Å²) in [6.45, 7) is 0.996. The third-order valence-electron chi connectivity index (χ3n) is 1.10. The van der Waals surface area contributed by atoms with Crippen LogP contribution in [0.5, 0.6) is 0 Å². The molecule has 4 nitrogen and oxygen atoms in total. The second-order valence-corrected chi connectivity index (χ2v) is 3.22. The Balaban J connectivity index is 3.08. The van der Waals surface area contributed by atoms with E-state index in [2.05, 4.69) is 5.32 Å². The van der Waals surface area contributed by atoms with E-state index in [1.54, 1.807) is 7.11 Å². The predicted molar refractivity (Wildman–Crippen MR) is 49.3 cm³/mol. The first-order chi connectivity index (χ1) is 5.81. The van der Waals surface area contributed by atoms with Gasteiger partial charge >= 0.3 is 0 Å². The van der Waals surface area contributed by atoms with E-state index in [0.717, 1.165) is 5.75 Å². The van der Waals surface area contributed by atoms with Gasteiger partial charge in [-0.25, -0.2) is 0 Å². The molecule has 0 heterocycles. The first kappa shape index (κ1) is 11.7. The van der Waals surface area contributed by atoms with E-state index in [0.29, 0.717) is 18.9 Å². The number of aliphatic hydroxyl groups is 1. The van der Waals surface area contributed by atoms with Crippen molar-refractivity contribution in [2.45, 2.75) is 0 Å². The lowest BCUT2D eigenvalue weighted by molar-refractivity contribution is -0.118. The summed E-state index contributed by atoms with van der Waals surface area (Å²) in [4.78, 5) is 10.9. The smallest absolute Gasteiger partial charge is 0.230 e. The fourth-order valence-corrected chi connectivity index (χ4v) is 1.27. The molecule has 0 unspecified atom stereocenters. The maximum atomic E-state index is 10.9. The van der Waals surface area contributed by atoms with Crippen molar-refractivity contribution in [1.29, 1.82) is 0 Å². The number of carbonyl (C=O) groups is 1. The molecular formula is C7H15NO3S. The molecule has 0 rings (SSSR count). The summed E-state index contributed by atoms with van der Waals surface area (Å²) in [6.07, 6.45) is 0. The van der Waals surface area contributed by atoms with Crippen molar-refractivity contribution in [1.82, 2.24) is 5.32 Å². The highest BCUT2D eigenvalue weighted by Gasteiger charge is 1.98. The first-order valence-electron chi connectivity index (χ1n) is 3.75. The fourth-order valence-electron chi connectivity index (χ4n) is 0.553. The zero-order valence-corrected chi connectivity index (χ0v) is 8.02. The Kier molecular flexibility index (Phi) is 8.64. The first-order valence-corrected chi connectivity index (χ1v) is 4.91. The second-order valence-electron chi connectivity index (χ2n) is 2.12. The van der Waals surface area contributed by atoms with Gasteiger partial charge in [0.25, 0.3) is 0 Å². The van der Waals surface area contributed by atoms with E-state index >= 15 is 0 Å². The van der Waals surface area contributed by atoms with Crippen LogP contribution in [0.4, 0.5) is 0 Å². The number of nitrogens with one attached hydrogen (secondary N) is 1. The molecule has 0 atom stereocenters. The van der Waals surface area contributed by atoms with Gasteiger partial charge in [-0.15, -0.1) is 11.8 Å². The molecule has 2 N–H and O–H groups in total. The SMILES string of the molecule is COCCSCC(=O)NCCO. The van der Waals surface area contributed by atoms with Crippen LogP contribution < -0.4 is 5.32 Å². The van der Waals surface area contributed by atoms with Gasteiger partial charge in [0.1, 0.15) is 0 Å². The number of rotatable bonds is 7. The summed E-state index contributed by atoms with van der Waals surface area (Å²) in [5.41, 5.74) is 0. The van der Waals surface area contributed by atoms with Crippen molar-refractivity contribution in [3.63, 3.8) is 0 Å². The van der Waals surface area contributed by atoms with Crippen LogP contribution in [0.15, 0.2) is 0 Å². The average Bonchev–Trinajstić information content (AvgIpc) is 2.09. The molecular weight excluding hydrogens is 178 g/mol. The fraction of sp³-hybridized carbons (Fsp3) is 0.857. The van der Waals surface area contributed by atoms with Gasteiger partial charge in [-0.05, 0) is 0 Å². The summed E-state index contributed by atoms with van der Waals surface area (Å²) < 4.78 is 4.81. The van der Waals surface area contributed by atoms with Crippen molar-refractivity contribution < 1.29 is 14.6 Å². The molecule has 0 aromatic rings. The third-order valence-corrected chi connectivity index (χ3v) is 2.02. The average molecular weight is 193 g/mol. The van der Waals surface area contributed by atoms with E-state index in [1.165, 1.54) is 11.8 Å². The van der Waals surface area contributed by atoms with Crippen molar-refractivity contribution in [3.05, 3.63) is 0 Å². The van der Waals surface area contributed by atoms with Crippen LogP contribution in [0.25, 0.3) is 0 Å². The van der Waals surface area contributed by atoms with Crippen LogP contribution in [0.3, 0.4) is 0 Å². The van der Waals surface area contributed by atoms with Crippen molar-refractivity contribution in [2.75, 3.05) is 38.4 Å². The number of methoxy groups -OCH3 is 1. The van der Waals surface area contributed by atoms with Crippen LogP contribution in [-0.4, -0.2) is 49.4 Å². The van der Waals surface area contributed by atoms with Crippen LogP contribution in [0.2, 0.25) is 0 Å². The van der Waals surface area contributed by atoms with Crippen LogP contribution in [0, 0.1) is 0 Å². The van der Waals surface area contributed by atoms with E-state index < -0.39 is 0 Å². The molecule has 5 heteroatoms. The van der Waals surface area contributed by atoms with E-state index in [9.17, 15) is 4.79 Å². The molecule has 0 aliphatic carbocycles. The number of hydrogen-bond acceptors (Lipinski definition) is 4. The summed E-state index contributed by atoms with van der Waals surface area (Å²) in [5.74, 6) is 1.22. The van der Waals surface area contributed by atoms with Gasteiger partial charge in [-0.3, -0.25) is 4.79 Å². The highest BCUT2D eigenvalue weighted by Crippen LogP contribution is 1.97. The Labute approximate surface area is 76.7 Å². The highest BCUT2D eigenvalue weighted by atomic mass is 32.2. The van der Waals surface area contributed by atoms with Crippen LogP contribution >= 0.6 is 11.8 Å². The number of thioether (sulfide) groups is 1. The van der Waals surface area contributed by atoms with Gasteiger partial charge in [-0.2, -0.15) is 0 Å². The molecule has 0 bridgehead atoms. The van der Waals surface area contributed by atoms with Crippen LogP contribution in [-0.2, 0) is 9.53 Å². The highest BCUT2D eigenvalue weighted by molar-refractivity contribution is 7.99. The Bertz CT molecular complexity index is 121. The minimum atomic E-state index is -0.0369.